The lowest BCUT2D eigenvalue weighted by Crippen LogP contribution is -2.29. The van der Waals surface area contributed by atoms with Crippen molar-refractivity contribution in [3.05, 3.63) is 47.0 Å². The average Bonchev–Trinajstić information content (AvgIpc) is 3.27. The highest BCUT2D eigenvalue weighted by atomic mass is 35.5. The van der Waals surface area contributed by atoms with Gasteiger partial charge < -0.3 is 16.0 Å². The zero-order chi connectivity index (χ0) is 16.8. The molecule has 1 aromatic carbocycles. The first kappa shape index (κ1) is 22.7. The van der Waals surface area contributed by atoms with Crippen LogP contribution in [0.15, 0.2) is 35.7 Å². The third-order valence-corrected chi connectivity index (χ3v) is 5.20. The van der Waals surface area contributed by atoms with Gasteiger partial charge in [-0.3, -0.25) is 4.79 Å². The molecule has 0 saturated carbocycles. The van der Waals surface area contributed by atoms with Gasteiger partial charge in [-0.2, -0.15) is 0 Å². The Balaban J connectivity index is 0.00000169. The van der Waals surface area contributed by atoms with E-state index in [0.717, 1.165) is 35.9 Å². The molecule has 0 aliphatic carbocycles. The lowest BCUT2D eigenvalue weighted by Gasteiger charge is -2.12. The van der Waals surface area contributed by atoms with Crippen LogP contribution in [0.5, 0.6) is 0 Å². The lowest BCUT2D eigenvalue weighted by atomic mass is 10.0. The summed E-state index contributed by atoms with van der Waals surface area (Å²) in [6.45, 7) is 2.83. The molecule has 8 heteroatoms. The third-order valence-electron chi connectivity index (χ3n) is 4.25. The molecule has 0 radical (unpaired) electrons. The van der Waals surface area contributed by atoms with E-state index >= 15 is 0 Å². The first-order chi connectivity index (χ1) is 11.7. The number of halogens is 2. The van der Waals surface area contributed by atoms with E-state index in [9.17, 15) is 4.79 Å². The fourth-order valence-corrected chi connectivity index (χ4v) is 3.80. The summed E-state index contributed by atoms with van der Waals surface area (Å²) < 4.78 is 0. The molecule has 1 unspecified atom stereocenters. The number of carbonyl (C=O) groups is 1. The van der Waals surface area contributed by atoms with Gasteiger partial charge in [0.2, 0.25) is 5.91 Å². The van der Waals surface area contributed by atoms with Gasteiger partial charge in [-0.1, -0.05) is 30.3 Å². The monoisotopic (exact) mass is 416 g/mol. The summed E-state index contributed by atoms with van der Waals surface area (Å²) in [5.74, 6) is -0.0126. The van der Waals surface area contributed by atoms with Crippen molar-refractivity contribution in [3.63, 3.8) is 0 Å². The standard InChI is InChI=1S/C18H24N4OS.2ClH/c19-16(14-6-2-1-3-7-14)12-17(23)20-9-8-15-13-24-18(21-15)22-10-4-5-11-22;;/h1-3,6-7,13,16H,4-5,8-12,19H2,(H,20,23);2*1H. The summed E-state index contributed by atoms with van der Waals surface area (Å²) in [4.78, 5) is 19.0. The first-order valence-corrected chi connectivity index (χ1v) is 9.37. The number of nitrogens with zero attached hydrogens (tertiary/aromatic N) is 2. The van der Waals surface area contributed by atoms with Crippen molar-refractivity contribution in [1.82, 2.24) is 10.3 Å². The summed E-state index contributed by atoms with van der Waals surface area (Å²) in [6.07, 6.45) is 3.58. The Hall–Kier alpha value is -1.34. The van der Waals surface area contributed by atoms with E-state index in [2.05, 4.69) is 20.6 Å². The number of thiazole rings is 1. The number of nitrogens with one attached hydrogen (secondary N) is 1. The topological polar surface area (TPSA) is 71.2 Å². The van der Waals surface area contributed by atoms with Crippen LogP contribution in [-0.2, 0) is 11.2 Å². The number of aromatic nitrogens is 1. The van der Waals surface area contributed by atoms with E-state index < -0.39 is 0 Å². The molecule has 1 aromatic heterocycles. The summed E-state index contributed by atoms with van der Waals surface area (Å²) in [5.41, 5.74) is 8.11. The van der Waals surface area contributed by atoms with Gasteiger partial charge in [-0.15, -0.1) is 36.2 Å². The molecule has 1 fully saturated rings. The quantitative estimate of drug-likeness (QED) is 0.725. The van der Waals surface area contributed by atoms with Crippen LogP contribution in [-0.4, -0.2) is 30.5 Å². The van der Waals surface area contributed by atoms with Gasteiger partial charge in [0, 0.05) is 43.9 Å². The van der Waals surface area contributed by atoms with Crippen LogP contribution in [0, 0.1) is 0 Å². The van der Waals surface area contributed by atoms with Crippen molar-refractivity contribution < 1.29 is 4.79 Å². The maximum atomic E-state index is 12.0. The Kier molecular flexibility index (Phi) is 9.94. The number of carbonyl (C=O) groups excluding carboxylic acids is 1. The van der Waals surface area contributed by atoms with Crippen LogP contribution < -0.4 is 16.0 Å². The largest absolute Gasteiger partial charge is 0.356 e. The van der Waals surface area contributed by atoms with E-state index in [1.165, 1.54) is 12.8 Å². The predicted octanol–water partition coefficient (Wildman–Crippen LogP) is 3.34. The molecule has 2 aromatic rings. The van der Waals surface area contributed by atoms with Crippen molar-refractivity contribution in [2.45, 2.75) is 31.7 Å². The van der Waals surface area contributed by atoms with Gasteiger partial charge in [0.15, 0.2) is 5.13 Å². The fraction of sp³-hybridized carbons (Fsp3) is 0.444. The molecule has 144 valence electrons. The fourth-order valence-electron chi connectivity index (χ4n) is 2.88. The maximum Gasteiger partial charge on any atom is 0.221 e. The minimum absolute atomic E-state index is 0. The normalized spacial score (nSPS) is 14.3. The van der Waals surface area contributed by atoms with Crippen LogP contribution in [0.25, 0.3) is 0 Å². The highest BCUT2D eigenvalue weighted by Crippen LogP contribution is 2.24. The number of anilines is 1. The van der Waals surface area contributed by atoms with Crippen molar-refractivity contribution in [2.75, 3.05) is 24.5 Å². The Morgan fingerprint density at radius 3 is 2.62 bits per heavy atom. The molecule has 1 aliphatic rings. The van der Waals surface area contributed by atoms with E-state index in [0.29, 0.717) is 13.0 Å². The molecule has 1 atom stereocenters. The van der Waals surface area contributed by atoms with E-state index in [1.54, 1.807) is 11.3 Å². The van der Waals surface area contributed by atoms with Crippen molar-refractivity contribution in [3.8, 4) is 0 Å². The number of benzene rings is 1. The second-order valence-corrected chi connectivity index (χ2v) is 6.97. The second-order valence-electron chi connectivity index (χ2n) is 6.14. The SMILES string of the molecule is Cl.Cl.NC(CC(=O)NCCc1csc(N2CCCC2)n1)c1ccccc1. The number of hydrogen-bond donors (Lipinski definition) is 2. The molecule has 5 nitrogen and oxygen atoms in total. The first-order valence-electron chi connectivity index (χ1n) is 8.49. The maximum absolute atomic E-state index is 12.0. The molecule has 1 amide bonds. The summed E-state index contributed by atoms with van der Waals surface area (Å²) >= 11 is 1.70. The minimum Gasteiger partial charge on any atom is -0.356 e. The van der Waals surface area contributed by atoms with Crippen LogP contribution in [0.1, 0.15) is 36.6 Å². The van der Waals surface area contributed by atoms with Gasteiger partial charge in [0.1, 0.15) is 0 Å². The van der Waals surface area contributed by atoms with Crippen LogP contribution in [0.4, 0.5) is 5.13 Å². The number of amides is 1. The van der Waals surface area contributed by atoms with Gasteiger partial charge in [-0.25, -0.2) is 4.98 Å². The smallest absolute Gasteiger partial charge is 0.221 e. The molecule has 2 heterocycles. The molecule has 3 rings (SSSR count). The highest BCUT2D eigenvalue weighted by Gasteiger charge is 2.16. The molecule has 0 spiro atoms. The van der Waals surface area contributed by atoms with Crippen molar-refractivity contribution >= 4 is 47.2 Å². The van der Waals surface area contributed by atoms with Crippen molar-refractivity contribution in [1.29, 1.82) is 0 Å². The summed E-state index contributed by atoms with van der Waals surface area (Å²) in [7, 11) is 0. The van der Waals surface area contributed by atoms with Gasteiger partial charge in [0.05, 0.1) is 5.69 Å². The molecule has 1 saturated heterocycles. The number of hydrogen-bond acceptors (Lipinski definition) is 5. The van der Waals surface area contributed by atoms with Gasteiger partial charge in [0.25, 0.3) is 0 Å². The summed E-state index contributed by atoms with van der Waals surface area (Å²) in [5, 5.41) is 6.15. The highest BCUT2D eigenvalue weighted by molar-refractivity contribution is 7.13. The Labute approximate surface area is 171 Å². The molecule has 0 bridgehead atoms. The molecule has 1 aliphatic heterocycles. The average molecular weight is 417 g/mol. The Morgan fingerprint density at radius 1 is 1.23 bits per heavy atom. The minimum atomic E-state index is -0.257. The Bertz CT molecular complexity index is 662. The molecule has 26 heavy (non-hydrogen) atoms. The Morgan fingerprint density at radius 2 is 1.92 bits per heavy atom. The molecular weight excluding hydrogens is 391 g/mol. The summed E-state index contributed by atoms with van der Waals surface area (Å²) in [6, 6.07) is 9.47. The third kappa shape index (κ3) is 6.43. The molecule has 3 N–H and O–H groups in total. The van der Waals surface area contributed by atoms with Crippen molar-refractivity contribution in [2.24, 2.45) is 5.73 Å². The second kappa shape index (κ2) is 11.4. The van der Waals surface area contributed by atoms with Gasteiger partial charge >= 0.3 is 0 Å². The van der Waals surface area contributed by atoms with Gasteiger partial charge in [-0.05, 0) is 18.4 Å². The van der Waals surface area contributed by atoms with Crippen LogP contribution in [0.3, 0.4) is 0 Å². The van der Waals surface area contributed by atoms with E-state index in [4.69, 9.17) is 5.73 Å². The zero-order valence-electron chi connectivity index (χ0n) is 14.6. The predicted molar refractivity (Wildman–Crippen MR) is 113 cm³/mol. The van der Waals surface area contributed by atoms with E-state index in [1.807, 2.05) is 30.3 Å². The van der Waals surface area contributed by atoms with E-state index in [-0.39, 0.29) is 36.8 Å². The van der Waals surface area contributed by atoms with Crippen LogP contribution >= 0.6 is 36.2 Å². The molecular formula is C18H26Cl2N4OS. The number of nitrogens with two attached hydrogens (primary N) is 1. The van der Waals surface area contributed by atoms with Crippen LogP contribution in [0.2, 0.25) is 0 Å². The lowest BCUT2D eigenvalue weighted by molar-refractivity contribution is -0.121. The zero-order valence-corrected chi connectivity index (χ0v) is 17.0. The number of rotatable bonds is 7.